The third-order valence-corrected chi connectivity index (χ3v) is 8.10. The second kappa shape index (κ2) is 13.8. The van der Waals surface area contributed by atoms with Crippen molar-refractivity contribution in [2.75, 3.05) is 63.4 Å². The first-order valence-corrected chi connectivity index (χ1v) is 14.7. The molecule has 0 bridgehead atoms. The Hall–Kier alpha value is -3.34. The van der Waals surface area contributed by atoms with Crippen molar-refractivity contribution in [1.29, 1.82) is 0 Å². The molecule has 3 aromatic rings. The number of anilines is 2. The summed E-state index contributed by atoms with van der Waals surface area (Å²) in [5.41, 5.74) is 3.83. The fourth-order valence-electron chi connectivity index (χ4n) is 4.91. The van der Waals surface area contributed by atoms with Gasteiger partial charge in [0, 0.05) is 69.5 Å². The monoisotopic (exact) mass is 563 g/mol. The Kier molecular flexibility index (Phi) is 9.75. The molecular weight excluding hydrogens is 526 g/mol. The van der Waals surface area contributed by atoms with Gasteiger partial charge in [0.2, 0.25) is 0 Å². The van der Waals surface area contributed by atoms with Crippen LogP contribution in [0.25, 0.3) is 0 Å². The lowest BCUT2D eigenvalue weighted by atomic mass is 10.1. The van der Waals surface area contributed by atoms with E-state index in [1.54, 1.807) is 26.0 Å². The average Bonchev–Trinajstić information content (AvgIpc) is 3.53. The third kappa shape index (κ3) is 7.44. The van der Waals surface area contributed by atoms with Crippen LogP contribution in [0.2, 0.25) is 0 Å². The van der Waals surface area contributed by atoms with Gasteiger partial charge in [0.15, 0.2) is 5.16 Å². The largest absolute Gasteiger partial charge is 0.497 e. The summed E-state index contributed by atoms with van der Waals surface area (Å²) in [6.45, 7) is 5.34. The molecule has 2 saturated heterocycles. The van der Waals surface area contributed by atoms with Crippen LogP contribution in [0.4, 0.5) is 11.5 Å². The number of thioether (sulfide) groups is 1. The smallest absolute Gasteiger partial charge is 0.251 e. The van der Waals surface area contributed by atoms with Crippen LogP contribution in [-0.4, -0.2) is 75.5 Å². The van der Waals surface area contributed by atoms with E-state index in [-0.39, 0.29) is 12.0 Å². The SMILES string of the molecule is COCc1cc(N2CCN(c3ccc(OC)cc3)CC2)nc(SCc2ccc(C(=O)NC[C@@H]3CCCO3)cc2)n1. The molecule has 9 nitrogen and oxygen atoms in total. The number of benzene rings is 2. The first-order chi connectivity index (χ1) is 19.6. The van der Waals surface area contributed by atoms with Gasteiger partial charge in [0.25, 0.3) is 5.91 Å². The summed E-state index contributed by atoms with van der Waals surface area (Å²) in [6, 6.07) is 18.0. The van der Waals surface area contributed by atoms with Gasteiger partial charge in [-0.25, -0.2) is 9.97 Å². The number of nitrogens with one attached hydrogen (secondary N) is 1. The number of rotatable bonds is 11. The van der Waals surface area contributed by atoms with E-state index in [0.717, 1.165) is 73.6 Å². The van der Waals surface area contributed by atoms with Gasteiger partial charge in [0.05, 0.1) is 25.5 Å². The van der Waals surface area contributed by atoms with Crippen LogP contribution in [0.5, 0.6) is 5.75 Å². The Morgan fingerprint density at radius 2 is 1.77 bits per heavy atom. The van der Waals surface area contributed by atoms with E-state index in [9.17, 15) is 4.79 Å². The van der Waals surface area contributed by atoms with Gasteiger partial charge >= 0.3 is 0 Å². The lowest BCUT2D eigenvalue weighted by Crippen LogP contribution is -2.46. The van der Waals surface area contributed by atoms with Gasteiger partial charge in [-0.05, 0) is 54.8 Å². The van der Waals surface area contributed by atoms with Crippen molar-refractivity contribution in [2.24, 2.45) is 0 Å². The molecule has 40 heavy (non-hydrogen) atoms. The zero-order valence-electron chi connectivity index (χ0n) is 23.2. The highest BCUT2D eigenvalue weighted by atomic mass is 32.2. The van der Waals surface area contributed by atoms with Crippen molar-refractivity contribution in [3.63, 3.8) is 0 Å². The first kappa shape index (κ1) is 28.2. The molecular formula is C30H37N5O4S. The lowest BCUT2D eigenvalue weighted by Gasteiger charge is -2.37. The number of amides is 1. The first-order valence-electron chi connectivity index (χ1n) is 13.7. The van der Waals surface area contributed by atoms with Gasteiger partial charge < -0.3 is 29.3 Å². The minimum atomic E-state index is -0.0676. The van der Waals surface area contributed by atoms with Crippen molar-refractivity contribution in [2.45, 2.75) is 36.5 Å². The Morgan fingerprint density at radius 3 is 2.45 bits per heavy atom. The molecule has 0 aliphatic carbocycles. The van der Waals surface area contributed by atoms with Crippen LogP contribution < -0.4 is 19.9 Å². The number of carbonyl (C=O) groups excluding carboxylic acids is 1. The maximum absolute atomic E-state index is 12.5. The number of methoxy groups -OCH3 is 2. The quantitative estimate of drug-likeness (QED) is 0.273. The van der Waals surface area contributed by atoms with Gasteiger partial charge in [-0.15, -0.1) is 0 Å². The summed E-state index contributed by atoms with van der Waals surface area (Å²) < 4.78 is 16.3. The second-order valence-electron chi connectivity index (χ2n) is 9.94. The molecule has 2 fully saturated rings. The highest BCUT2D eigenvalue weighted by Crippen LogP contribution is 2.26. The molecule has 10 heteroatoms. The molecule has 0 radical (unpaired) electrons. The number of carbonyl (C=O) groups is 1. The minimum absolute atomic E-state index is 0.0676. The number of nitrogens with zero attached hydrogens (tertiary/aromatic N) is 4. The molecule has 212 valence electrons. The Morgan fingerprint density at radius 1 is 1.02 bits per heavy atom. The summed E-state index contributed by atoms with van der Waals surface area (Å²) in [6.07, 6.45) is 2.20. The zero-order valence-corrected chi connectivity index (χ0v) is 24.0. The molecule has 1 N–H and O–H groups in total. The summed E-state index contributed by atoms with van der Waals surface area (Å²) in [5.74, 6) is 2.43. The van der Waals surface area contributed by atoms with E-state index in [1.807, 2.05) is 42.5 Å². The van der Waals surface area contributed by atoms with Crippen molar-refractivity contribution >= 4 is 29.2 Å². The zero-order chi connectivity index (χ0) is 27.7. The molecule has 0 spiro atoms. The second-order valence-corrected chi connectivity index (χ2v) is 10.9. The molecule has 1 aromatic heterocycles. The van der Waals surface area contributed by atoms with Gasteiger partial charge in [0.1, 0.15) is 11.6 Å². The van der Waals surface area contributed by atoms with E-state index in [2.05, 4.69) is 27.2 Å². The molecule has 1 atom stereocenters. The number of ether oxygens (including phenoxy) is 3. The summed E-state index contributed by atoms with van der Waals surface area (Å²) in [7, 11) is 3.37. The van der Waals surface area contributed by atoms with Crippen molar-refractivity contribution < 1.29 is 19.0 Å². The Balaban J connectivity index is 1.17. The van der Waals surface area contributed by atoms with E-state index < -0.39 is 0 Å². The molecule has 1 amide bonds. The summed E-state index contributed by atoms with van der Waals surface area (Å²) in [5, 5.41) is 3.70. The topological polar surface area (TPSA) is 89.0 Å². The number of hydrogen-bond donors (Lipinski definition) is 1. The third-order valence-electron chi connectivity index (χ3n) is 7.18. The van der Waals surface area contributed by atoms with Crippen LogP contribution in [0.15, 0.2) is 59.8 Å². The van der Waals surface area contributed by atoms with E-state index in [4.69, 9.17) is 24.2 Å². The highest BCUT2D eigenvalue weighted by Gasteiger charge is 2.20. The average molecular weight is 564 g/mol. The Bertz CT molecular complexity index is 1240. The van der Waals surface area contributed by atoms with Gasteiger partial charge in [-0.1, -0.05) is 23.9 Å². The van der Waals surface area contributed by atoms with Gasteiger partial charge in [-0.2, -0.15) is 0 Å². The van der Waals surface area contributed by atoms with Crippen LogP contribution >= 0.6 is 11.8 Å². The van der Waals surface area contributed by atoms with E-state index in [0.29, 0.717) is 24.5 Å². The van der Waals surface area contributed by atoms with Crippen molar-refractivity contribution in [1.82, 2.24) is 15.3 Å². The Labute approximate surface area is 240 Å². The standard InChI is InChI=1S/C30H37N5O4S/c1-37-20-24-18-28(35-15-13-34(14-16-35)25-9-11-26(38-2)12-10-25)33-30(32-24)40-21-22-5-7-23(8-6-22)29(36)31-19-27-4-3-17-39-27/h5-12,18,27H,3-4,13-17,19-21H2,1-2H3,(H,31,36)/t27-/m0/s1. The number of piperazine rings is 1. The molecule has 2 aliphatic rings. The molecule has 0 unspecified atom stereocenters. The molecule has 2 aromatic carbocycles. The molecule has 0 saturated carbocycles. The van der Waals surface area contributed by atoms with E-state index >= 15 is 0 Å². The van der Waals surface area contributed by atoms with E-state index in [1.165, 1.54) is 5.69 Å². The number of hydrogen-bond acceptors (Lipinski definition) is 9. The summed E-state index contributed by atoms with van der Waals surface area (Å²) in [4.78, 5) is 26.8. The maximum atomic E-state index is 12.5. The van der Waals surface area contributed by atoms with Crippen LogP contribution in [0, 0.1) is 0 Å². The van der Waals surface area contributed by atoms with Gasteiger partial charge in [-0.3, -0.25) is 4.79 Å². The van der Waals surface area contributed by atoms with Crippen molar-refractivity contribution in [3.05, 3.63) is 71.4 Å². The van der Waals surface area contributed by atoms with Crippen LogP contribution in [-0.2, 0) is 21.8 Å². The van der Waals surface area contributed by atoms with Crippen LogP contribution in [0.3, 0.4) is 0 Å². The van der Waals surface area contributed by atoms with Crippen molar-refractivity contribution in [3.8, 4) is 5.75 Å². The molecule has 2 aliphatic heterocycles. The fourth-order valence-corrected chi connectivity index (χ4v) is 5.74. The molecule has 3 heterocycles. The summed E-state index contributed by atoms with van der Waals surface area (Å²) >= 11 is 1.59. The lowest BCUT2D eigenvalue weighted by molar-refractivity contribution is 0.0858. The number of aromatic nitrogens is 2. The minimum Gasteiger partial charge on any atom is -0.497 e. The fraction of sp³-hybridized carbons (Fsp3) is 0.433. The predicted octanol–water partition coefficient (Wildman–Crippen LogP) is 4.16. The normalized spacial score (nSPS) is 17.2. The highest BCUT2D eigenvalue weighted by molar-refractivity contribution is 7.98. The predicted molar refractivity (Wildman–Crippen MR) is 157 cm³/mol. The van der Waals surface area contributed by atoms with Crippen LogP contribution in [0.1, 0.15) is 34.5 Å². The maximum Gasteiger partial charge on any atom is 0.251 e. The molecule has 5 rings (SSSR count).